The molecule has 6 nitrogen and oxygen atoms in total. The van der Waals surface area contributed by atoms with Gasteiger partial charge in [-0.2, -0.15) is 0 Å². The number of piperidine rings is 1. The maximum atomic E-state index is 13.7. The van der Waals surface area contributed by atoms with Crippen molar-refractivity contribution < 1.29 is 9.59 Å². The SMILES string of the molecule is CN(C)c1ccc(C(=O)NC(Cc2ccc(-c3ccccc3)cc2)C(=O)NC2CC(C)(C)NC(C)(C)C2)cc1. The summed E-state index contributed by atoms with van der Waals surface area (Å²) in [6, 6.07) is 25.1. The number of nitrogens with zero attached hydrogens (tertiary/aromatic N) is 1. The summed E-state index contributed by atoms with van der Waals surface area (Å²) in [7, 11) is 3.92. The van der Waals surface area contributed by atoms with Crippen molar-refractivity contribution in [2.45, 2.75) is 70.1 Å². The predicted molar refractivity (Wildman–Crippen MR) is 160 cm³/mol. The van der Waals surface area contributed by atoms with Crippen LogP contribution in [0, 0.1) is 0 Å². The maximum Gasteiger partial charge on any atom is 0.251 e. The molecule has 3 aromatic rings. The molecule has 1 aliphatic heterocycles. The molecular weight excluding hydrogens is 484 g/mol. The summed E-state index contributed by atoms with van der Waals surface area (Å²) in [6.07, 6.45) is 2.04. The molecule has 1 saturated heterocycles. The molecule has 1 heterocycles. The Morgan fingerprint density at radius 1 is 0.846 bits per heavy atom. The number of rotatable bonds is 8. The van der Waals surface area contributed by atoms with Crippen LogP contribution in [0.4, 0.5) is 5.69 Å². The van der Waals surface area contributed by atoms with E-state index in [2.05, 4.69) is 67.9 Å². The third kappa shape index (κ3) is 7.70. The highest BCUT2D eigenvalue weighted by Crippen LogP contribution is 2.28. The van der Waals surface area contributed by atoms with Crippen LogP contribution >= 0.6 is 0 Å². The molecule has 0 aliphatic carbocycles. The Morgan fingerprint density at radius 3 is 1.97 bits per heavy atom. The third-order valence-corrected chi connectivity index (χ3v) is 7.31. The number of anilines is 1. The minimum absolute atomic E-state index is 0.0167. The fourth-order valence-electron chi connectivity index (χ4n) is 5.79. The number of amides is 2. The normalized spacial score (nSPS) is 17.2. The first kappa shape index (κ1) is 28.4. The molecule has 1 unspecified atom stereocenters. The van der Waals surface area contributed by atoms with Crippen LogP contribution in [-0.4, -0.2) is 49.1 Å². The summed E-state index contributed by atoms with van der Waals surface area (Å²) in [5.74, 6) is -0.411. The Hall–Kier alpha value is -3.64. The molecule has 39 heavy (non-hydrogen) atoms. The van der Waals surface area contributed by atoms with Crippen LogP contribution < -0.4 is 20.9 Å². The van der Waals surface area contributed by atoms with Gasteiger partial charge in [0, 0.05) is 48.9 Å². The van der Waals surface area contributed by atoms with Gasteiger partial charge in [0.1, 0.15) is 6.04 Å². The summed E-state index contributed by atoms with van der Waals surface area (Å²) in [5, 5.41) is 9.96. The summed E-state index contributed by atoms with van der Waals surface area (Å²) < 4.78 is 0. The molecule has 0 radical (unpaired) electrons. The molecule has 0 aromatic heterocycles. The largest absolute Gasteiger partial charge is 0.378 e. The van der Waals surface area contributed by atoms with Crippen molar-refractivity contribution >= 4 is 17.5 Å². The summed E-state index contributed by atoms with van der Waals surface area (Å²) in [4.78, 5) is 28.9. The van der Waals surface area contributed by atoms with E-state index < -0.39 is 6.04 Å². The van der Waals surface area contributed by atoms with Crippen LogP contribution in [0.15, 0.2) is 78.9 Å². The number of hydrogen-bond donors (Lipinski definition) is 3. The number of benzene rings is 3. The van der Waals surface area contributed by atoms with Gasteiger partial charge >= 0.3 is 0 Å². The standard InChI is InChI=1S/C33H42N4O2/c1-32(2)21-27(22-33(3,4)36-32)34-31(39)29(35-30(38)26-16-18-28(19-17-26)37(5)6)20-23-12-14-25(15-13-23)24-10-8-7-9-11-24/h7-19,27,29,36H,20-22H2,1-6H3,(H,34,39)(H,35,38). The van der Waals surface area contributed by atoms with Gasteiger partial charge < -0.3 is 20.9 Å². The zero-order valence-electron chi connectivity index (χ0n) is 24.0. The minimum Gasteiger partial charge on any atom is -0.378 e. The van der Waals surface area contributed by atoms with Gasteiger partial charge in [0.2, 0.25) is 5.91 Å². The van der Waals surface area contributed by atoms with E-state index in [1.807, 2.05) is 61.5 Å². The summed E-state index contributed by atoms with van der Waals surface area (Å²) in [6.45, 7) is 8.66. The Kier molecular flexibility index (Phi) is 8.45. The third-order valence-electron chi connectivity index (χ3n) is 7.31. The van der Waals surface area contributed by atoms with Gasteiger partial charge in [0.25, 0.3) is 5.91 Å². The van der Waals surface area contributed by atoms with Crippen molar-refractivity contribution in [3.8, 4) is 11.1 Å². The summed E-state index contributed by atoms with van der Waals surface area (Å²) in [5.41, 5.74) is 4.59. The topological polar surface area (TPSA) is 73.5 Å². The van der Waals surface area contributed by atoms with Gasteiger partial charge in [-0.05, 0) is 81.5 Å². The van der Waals surface area contributed by atoms with Gasteiger partial charge in [-0.3, -0.25) is 9.59 Å². The lowest BCUT2D eigenvalue weighted by Gasteiger charge is -2.46. The van der Waals surface area contributed by atoms with Gasteiger partial charge in [-0.1, -0.05) is 54.6 Å². The van der Waals surface area contributed by atoms with E-state index in [9.17, 15) is 9.59 Å². The molecule has 3 aromatic carbocycles. The molecule has 1 atom stereocenters. The molecule has 4 rings (SSSR count). The fourth-order valence-corrected chi connectivity index (χ4v) is 5.79. The maximum absolute atomic E-state index is 13.7. The molecule has 6 heteroatoms. The highest BCUT2D eigenvalue weighted by molar-refractivity contribution is 5.98. The average Bonchev–Trinajstić information content (AvgIpc) is 2.87. The second-order valence-corrected chi connectivity index (χ2v) is 12.2. The number of carbonyl (C=O) groups excluding carboxylic acids is 2. The Labute approximate surface area is 233 Å². The van der Waals surface area contributed by atoms with E-state index in [0.717, 1.165) is 35.2 Å². The zero-order valence-corrected chi connectivity index (χ0v) is 24.0. The van der Waals surface area contributed by atoms with Crippen molar-refractivity contribution in [3.63, 3.8) is 0 Å². The second-order valence-electron chi connectivity index (χ2n) is 12.2. The molecule has 0 spiro atoms. The molecule has 1 fully saturated rings. The van der Waals surface area contributed by atoms with Gasteiger partial charge in [-0.25, -0.2) is 0 Å². The van der Waals surface area contributed by atoms with E-state index in [-0.39, 0.29) is 28.9 Å². The number of hydrogen-bond acceptors (Lipinski definition) is 4. The number of carbonyl (C=O) groups is 2. The predicted octanol–water partition coefficient (Wildman–Crippen LogP) is 5.19. The van der Waals surface area contributed by atoms with Crippen molar-refractivity contribution in [1.82, 2.24) is 16.0 Å². The zero-order chi connectivity index (χ0) is 28.2. The first-order valence-corrected chi connectivity index (χ1v) is 13.7. The molecule has 2 amide bonds. The van der Waals surface area contributed by atoms with Crippen LogP contribution in [0.3, 0.4) is 0 Å². The van der Waals surface area contributed by atoms with Crippen molar-refractivity contribution in [1.29, 1.82) is 0 Å². The lowest BCUT2D eigenvalue weighted by atomic mass is 9.79. The van der Waals surface area contributed by atoms with E-state index >= 15 is 0 Å². The molecule has 3 N–H and O–H groups in total. The molecule has 0 bridgehead atoms. The lowest BCUT2D eigenvalue weighted by molar-refractivity contribution is -0.124. The Balaban J connectivity index is 1.53. The fraction of sp³-hybridized carbons (Fsp3) is 0.394. The minimum atomic E-state index is -0.699. The molecular formula is C33H42N4O2. The highest BCUT2D eigenvalue weighted by Gasteiger charge is 2.39. The Bertz CT molecular complexity index is 1250. The average molecular weight is 527 g/mol. The van der Waals surface area contributed by atoms with Crippen molar-refractivity contribution in [2.24, 2.45) is 0 Å². The van der Waals surface area contributed by atoms with Crippen LogP contribution in [0.2, 0.25) is 0 Å². The van der Waals surface area contributed by atoms with Gasteiger partial charge in [0.05, 0.1) is 0 Å². The van der Waals surface area contributed by atoms with E-state index in [1.165, 1.54) is 0 Å². The first-order valence-electron chi connectivity index (χ1n) is 13.7. The quantitative estimate of drug-likeness (QED) is 0.378. The smallest absolute Gasteiger partial charge is 0.251 e. The van der Waals surface area contributed by atoms with Crippen LogP contribution in [0.25, 0.3) is 11.1 Å². The Morgan fingerprint density at radius 2 is 1.41 bits per heavy atom. The van der Waals surface area contributed by atoms with Crippen LogP contribution in [-0.2, 0) is 11.2 Å². The van der Waals surface area contributed by atoms with Crippen LogP contribution in [0.5, 0.6) is 0 Å². The molecule has 206 valence electrons. The highest BCUT2D eigenvalue weighted by atomic mass is 16.2. The molecule has 1 aliphatic rings. The van der Waals surface area contributed by atoms with Crippen molar-refractivity contribution in [3.05, 3.63) is 90.0 Å². The van der Waals surface area contributed by atoms with E-state index in [4.69, 9.17) is 0 Å². The first-order chi connectivity index (χ1) is 18.4. The monoisotopic (exact) mass is 526 g/mol. The summed E-state index contributed by atoms with van der Waals surface area (Å²) >= 11 is 0. The second kappa shape index (κ2) is 11.6. The van der Waals surface area contributed by atoms with E-state index in [0.29, 0.717) is 12.0 Å². The van der Waals surface area contributed by atoms with Gasteiger partial charge in [-0.15, -0.1) is 0 Å². The number of nitrogens with one attached hydrogen (secondary N) is 3. The van der Waals surface area contributed by atoms with E-state index in [1.54, 1.807) is 12.1 Å². The molecule has 0 saturated carbocycles. The van der Waals surface area contributed by atoms with Gasteiger partial charge in [0.15, 0.2) is 0 Å². The van der Waals surface area contributed by atoms with Crippen molar-refractivity contribution in [2.75, 3.05) is 19.0 Å². The van der Waals surface area contributed by atoms with Crippen LogP contribution in [0.1, 0.15) is 56.5 Å². The lowest BCUT2D eigenvalue weighted by Crippen LogP contribution is -2.63.